The first kappa shape index (κ1) is 23.5. The van der Waals surface area contributed by atoms with Crippen LogP contribution < -0.4 is 9.47 Å². The van der Waals surface area contributed by atoms with Crippen molar-refractivity contribution >= 4 is 23.2 Å². The highest BCUT2D eigenvalue weighted by Crippen LogP contribution is 2.51. The second-order valence-electron chi connectivity index (χ2n) is 10.3. The van der Waals surface area contributed by atoms with Crippen LogP contribution in [0.25, 0.3) is 0 Å². The number of benzene rings is 1. The lowest BCUT2D eigenvalue weighted by Crippen LogP contribution is -2.44. The number of nitro benzene ring substituents is 1. The summed E-state index contributed by atoms with van der Waals surface area (Å²) in [7, 11) is 0. The van der Waals surface area contributed by atoms with E-state index in [2.05, 4.69) is 4.99 Å². The summed E-state index contributed by atoms with van der Waals surface area (Å²) in [5.74, 6) is -1.87. The Kier molecular flexibility index (Phi) is 5.86. The van der Waals surface area contributed by atoms with Crippen LogP contribution in [0.15, 0.2) is 28.4 Å². The van der Waals surface area contributed by atoms with Crippen molar-refractivity contribution in [2.75, 3.05) is 20.0 Å². The molecule has 0 amide bonds. The smallest absolute Gasteiger partial charge is 0.336 e. The van der Waals surface area contributed by atoms with E-state index in [1.807, 2.05) is 13.8 Å². The maximum Gasteiger partial charge on any atom is 0.336 e. The zero-order chi connectivity index (χ0) is 24.9. The van der Waals surface area contributed by atoms with Crippen LogP contribution in [0.4, 0.5) is 5.69 Å². The van der Waals surface area contributed by atoms with E-state index in [1.165, 1.54) is 12.1 Å². The highest BCUT2D eigenvalue weighted by Gasteiger charge is 2.50. The summed E-state index contributed by atoms with van der Waals surface area (Å²) in [6.07, 6.45) is 2.34. The third-order valence-electron chi connectivity index (χ3n) is 7.06. The Balaban J connectivity index is 1.62. The minimum Gasteiger partial charge on any atom is -0.460 e. The SMILES string of the molecule is CC1=C(C(=O)OC[C@@H]2CCCO2)[C@@H](c2cc3c(cc2[N+](=O)[O-])OCO3)[C@H]2C(=O)CC(C)(C)CC2=N1. The average molecular weight is 485 g/mol. The van der Waals surface area contributed by atoms with Crippen molar-refractivity contribution in [2.45, 2.75) is 58.5 Å². The highest BCUT2D eigenvalue weighted by molar-refractivity contribution is 6.12. The number of hydrogen-bond donors (Lipinski definition) is 0. The van der Waals surface area contributed by atoms with Gasteiger partial charge in [0.25, 0.3) is 5.69 Å². The monoisotopic (exact) mass is 484 g/mol. The van der Waals surface area contributed by atoms with Crippen LogP contribution in [0.3, 0.4) is 0 Å². The van der Waals surface area contributed by atoms with Crippen LogP contribution in [0, 0.1) is 21.4 Å². The molecule has 35 heavy (non-hydrogen) atoms. The summed E-state index contributed by atoms with van der Waals surface area (Å²) in [6.45, 7) is 6.31. The third-order valence-corrected chi connectivity index (χ3v) is 7.06. The molecule has 3 atom stereocenters. The molecule has 0 unspecified atom stereocenters. The van der Waals surface area contributed by atoms with Crippen molar-refractivity contribution in [1.29, 1.82) is 0 Å². The molecular weight excluding hydrogens is 456 g/mol. The molecule has 10 nitrogen and oxygen atoms in total. The van der Waals surface area contributed by atoms with Gasteiger partial charge in [-0.2, -0.15) is 0 Å². The first-order chi connectivity index (χ1) is 16.6. The Hall–Kier alpha value is -3.27. The minimum absolute atomic E-state index is 0.0605. The van der Waals surface area contributed by atoms with E-state index < -0.39 is 22.7 Å². The summed E-state index contributed by atoms with van der Waals surface area (Å²) in [5, 5.41) is 12.1. The Labute approximate surface area is 202 Å². The van der Waals surface area contributed by atoms with Crippen molar-refractivity contribution < 1.29 is 33.5 Å². The van der Waals surface area contributed by atoms with Crippen LogP contribution in [-0.2, 0) is 19.1 Å². The number of hydrogen-bond acceptors (Lipinski definition) is 9. The molecule has 3 heterocycles. The van der Waals surface area contributed by atoms with Crippen LogP contribution in [-0.4, -0.2) is 48.5 Å². The molecule has 5 rings (SSSR count). The summed E-state index contributed by atoms with van der Waals surface area (Å²) in [5.41, 5.74) is 0.873. The lowest BCUT2D eigenvalue weighted by Gasteiger charge is -2.40. The van der Waals surface area contributed by atoms with Gasteiger partial charge < -0.3 is 18.9 Å². The lowest BCUT2D eigenvalue weighted by molar-refractivity contribution is -0.385. The van der Waals surface area contributed by atoms with E-state index >= 15 is 0 Å². The number of nitro groups is 1. The van der Waals surface area contributed by atoms with Gasteiger partial charge in [-0.1, -0.05) is 13.8 Å². The molecule has 1 aromatic carbocycles. The molecule has 2 fully saturated rings. The molecule has 1 saturated carbocycles. The number of carbonyl (C=O) groups excluding carboxylic acids is 2. The molecule has 3 aliphatic heterocycles. The summed E-state index contributed by atoms with van der Waals surface area (Å²) in [4.78, 5) is 43.2. The zero-order valence-electron chi connectivity index (χ0n) is 20.0. The summed E-state index contributed by atoms with van der Waals surface area (Å²) < 4.78 is 22.0. The predicted octanol–water partition coefficient (Wildman–Crippen LogP) is 3.86. The minimum atomic E-state index is -0.919. The van der Waals surface area contributed by atoms with Gasteiger partial charge in [0.1, 0.15) is 12.4 Å². The van der Waals surface area contributed by atoms with E-state index in [1.54, 1.807) is 6.92 Å². The Morgan fingerprint density at radius 2 is 1.97 bits per heavy atom. The maximum absolute atomic E-state index is 13.5. The van der Waals surface area contributed by atoms with E-state index in [0.29, 0.717) is 30.2 Å². The number of ketones is 1. The van der Waals surface area contributed by atoms with Crippen LogP contribution in [0.2, 0.25) is 0 Å². The number of rotatable bonds is 5. The van der Waals surface area contributed by atoms with Crippen molar-refractivity contribution in [2.24, 2.45) is 16.3 Å². The standard InChI is InChI=1S/C25H28N2O8/c1-13-21(24(29)33-11-14-5-4-6-32-14)22(23-16(26-13)9-25(2,3)10-18(23)28)15-7-19-20(35-12-34-19)8-17(15)27(30)31/h7-8,14,22-23H,4-6,9-12H2,1-3H3/t14-,22+,23+/m0/s1. The summed E-state index contributed by atoms with van der Waals surface area (Å²) >= 11 is 0. The Bertz CT molecular complexity index is 1160. The zero-order valence-corrected chi connectivity index (χ0v) is 20.0. The van der Waals surface area contributed by atoms with Gasteiger partial charge in [0, 0.05) is 35.9 Å². The molecule has 0 bridgehead atoms. The first-order valence-corrected chi connectivity index (χ1v) is 11.8. The van der Waals surface area contributed by atoms with E-state index in [-0.39, 0.29) is 59.7 Å². The largest absolute Gasteiger partial charge is 0.460 e. The van der Waals surface area contributed by atoms with Crippen LogP contribution in [0.5, 0.6) is 11.5 Å². The molecule has 1 aromatic rings. The average Bonchev–Trinajstić information content (AvgIpc) is 3.46. The number of Topliss-reactive ketones (excluding diaryl/α,β-unsaturated/α-hetero) is 1. The van der Waals surface area contributed by atoms with Gasteiger partial charge >= 0.3 is 5.97 Å². The van der Waals surface area contributed by atoms with Crippen molar-refractivity contribution in [3.05, 3.63) is 39.1 Å². The predicted molar refractivity (Wildman–Crippen MR) is 124 cm³/mol. The number of aliphatic imine (C=N–C) groups is 1. The van der Waals surface area contributed by atoms with Gasteiger partial charge in [0.05, 0.1) is 28.6 Å². The number of ether oxygens (including phenoxy) is 4. The molecule has 4 aliphatic rings. The van der Waals surface area contributed by atoms with Crippen molar-refractivity contribution in [3.63, 3.8) is 0 Å². The van der Waals surface area contributed by atoms with Gasteiger partial charge in [-0.15, -0.1) is 0 Å². The van der Waals surface area contributed by atoms with E-state index in [4.69, 9.17) is 18.9 Å². The van der Waals surface area contributed by atoms with Crippen LogP contribution in [0.1, 0.15) is 57.9 Å². The van der Waals surface area contributed by atoms with Crippen LogP contribution >= 0.6 is 0 Å². The van der Waals surface area contributed by atoms with Crippen molar-refractivity contribution in [1.82, 2.24) is 0 Å². The van der Waals surface area contributed by atoms with Gasteiger partial charge in [0.15, 0.2) is 11.5 Å². The molecule has 0 aromatic heterocycles. The topological polar surface area (TPSA) is 127 Å². The molecule has 0 radical (unpaired) electrons. The van der Waals surface area contributed by atoms with E-state index in [0.717, 1.165) is 12.8 Å². The number of allylic oxidation sites excluding steroid dienone is 1. The molecule has 0 spiro atoms. The number of esters is 1. The molecule has 0 N–H and O–H groups in total. The van der Waals surface area contributed by atoms with Gasteiger partial charge in [-0.3, -0.25) is 19.9 Å². The highest BCUT2D eigenvalue weighted by atomic mass is 16.7. The molecule has 10 heteroatoms. The van der Waals surface area contributed by atoms with Gasteiger partial charge in [-0.05, 0) is 37.7 Å². The number of carbonyl (C=O) groups is 2. The molecule has 1 saturated heterocycles. The fourth-order valence-electron chi connectivity index (χ4n) is 5.57. The third kappa shape index (κ3) is 4.31. The molecule has 1 aliphatic carbocycles. The second kappa shape index (κ2) is 8.75. The maximum atomic E-state index is 13.5. The first-order valence-electron chi connectivity index (χ1n) is 11.8. The number of nitrogens with zero attached hydrogens (tertiary/aromatic N) is 2. The Morgan fingerprint density at radius 3 is 2.66 bits per heavy atom. The quantitative estimate of drug-likeness (QED) is 0.350. The molecular formula is C25H28N2O8. The van der Waals surface area contributed by atoms with E-state index in [9.17, 15) is 19.7 Å². The number of fused-ring (bicyclic) bond motifs is 2. The summed E-state index contributed by atoms with van der Waals surface area (Å²) in [6, 6.07) is 2.81. The second-order valence-corrected chi connectivity index (χ2v) is 10.3. The van der Waals surface area contributed by atoms with Gasteiger partial charge in [0.2, 0.25) is 6.79 Å². The van der Waals surface area contributed by atoms with Crippen molar-refractivity contribution in [3.8, 4) is 11.5 Å². The molecule has 186 valence electrons. The lowest BCUT2D eigenvalue weighted by atomic mass is 9.63. The normalized spacial score (nSPS) is 26.9. The fraction of sp³-hybridized carbons (Fsp3) is 0.560. The van der Waals surface area contributed by atoms with Gasteiger partial charge in [-0.25, -0.2) is 4.79 Å². The fourth-order valence-corrected chi connectivity index (χ4v) is 5.57. The Morgan fingerprint density at radius 1 is 1.23 bits per heavy atom.